The lowest BCUT2D eigenvalue weighted by atomic mass is 9.76. The van der Waals surface area contributed by atoms with Gasteiger partial charge in [-0.25, -0.2) is 8.78 Å². The second kappa shape index (κ2) is 18.1. The molecule has 8 rings (SSSR count). The van der Waals surface area contributed by atoms with Gasteiger partial charge < -0.3 is 18.9 Å². The van der Waals surface area contributed by atoms with Gasteiger partial charge in [0.05, 0.1) is 13.2 Å². The number of fused-ring (bicyclic) bond motifs is 6. The first-order valence-electron chi connectivity index (χ1n) is 21.4. The Hall–Kier alpha value is -3.94. The third-order valence-corrected chi connectivity index (χ3v) is 12.8. The molecule has 0 bridgehead atoms. The van der Waals surface area contributed by atoms with Crippen LogP contribution in [-0.2, 0) is 6.42 Å². The van der Waals surface area contributed by atoms with E-state index in [-0.39, 0.29) is 34.5 Å². The Bertz CT molecular complexity index is 2010. The normalized spacial score (nSPS) is 24.4. The summed E-state index contributed by atoms with van der Waals surface area (Å²) in [6, 6.07) is 10.4. The van der Waals surface area contributed by atoms with Gasteiger partial charge in [-0.05, 0) is 123 Å². The molecule has 0 N–H and O–H groups in total. The van der Waals surface area contributed by atoms with Crippen LogP contribution in [0.1, 0.15) is 122 Å². The molecule has 56 heavy (non-hydrogen) atoms. The predicted octanol–water partition coefficient (Wildman–Crippen LogP) is 13.7. The van der Waals surface area contributed by atoms with Gasteiger partial charge in [-0.15, -0.1) is 0 Å². The molecule has 302 valence electrons. The van der Waals surface area contributed by atoms with E-state index in [0.717, 1.165) is 61.3 Å². The molecule has 0 saturated heterocycles. The van der Waals surface area contributed by atoms with Crippen LogP contribution in [0.5, 0.6) is 23.0 Å². The van der Waals surface area contributed by atoms with Crippen molar-refractivity contribution < 1.29 is 36.5 Å². The molecule has 4 nitrogen and oxygen atoms in total. The van der Waals surface area contributed by atoms with E-state index in [9.17, 15) is 17.6 Å². The summed E-state index contributed by atoms with van der Waals surface area (Å²) in [6.45, 7) is 9.18. The summed E-state index contributed by atoms with van der Waals surface area (Å²) in [6.07, 6.45) is 19.8. The molecule has 4 aliphatic rings. The number of aryl methyl sites for hydroxylation is 1. The monoisotopic (exact) mass is 774 g/mol. The van der Waals surface area contributed by atoms with E-state index in [1.54, 1.807) is 24.3 Å². The highest BCUT2D eigenvalue weighted by atomic mass is 19.2. The molecule has 2 saturated carbocycles. The van der Waals surface area contributed by atoms with Crippen LogP contribution in [0, 0.1) is 46.9 Å². The lowest BCUT2D eigenvalue weighted by Gasteiger charge is -2.37. The molecule has 4 aromatic carbocycles. The van der Waals surface area contributed by atoms with E-state index in [0.29, 0.717) is 47.5 Å². The van der Waals surface area contributed by atoms with Gasteiger partial charge in [0.2, 0.25) is 11.6 Å². The molecule has 2 unspecified atom stereocenters. The first-order chi connectivity index (χ1) is 27.2. The summed E-state index contributed by atoms with van der Waals surface area (Å²) in [5.74, 6) is 0.314. The molecular formula is C48H58F4O4. The van der Waals surface area contributed by atoms with Crippen LogP contribution < -0.4 is 18.9 Å². The van der Waals surface area contributed by atoms with E-state index in [2.05, 4.69) is 13.8 Å². The number of ether oxygens (including phenoxy) is 4. The van der Waals surface area contributed by atoms with E-state index in [4.69, 9.17) is 18.9 Å². The number of hydrogen-bond acceptors (Lipinski definition) is 4. The number of rotatable bonds is 10. The van der Waals surface area contributed by atoms with Crippen LogP contribution in [0.25, 0.3) is 27.6 Å². The molecule has 2 atom stereocenters. The summed E-state index contributed by atoms with van der Waals surface area (Å²) in [5.41, 5.74) is 1.42. The first-order valence-corrected chi connectivity index (χ1v) is 21.4. The maximum Gasteiger partial charge on any atom is 0.201 e. The first kappa shape index (κ1) is 40.3. The zero-order chi connectivity index (χ0) is 39.3. The average molecular weight is 775 g/mol. The highest BCUT2D eigenvalue weighted by Crippen LogP contribution is 2.45. The van der Waals surface area contributed by atoms with Crippen LogP contribution in [0.3, 0.4) is 0 Å². The minimum Gasteiger partial charge on any atom is -0.494 e. The Morgan fingerprint density at radius 2 is 1.11 bits per heavy atom. The standard InChI is InChI=1S/C24H30F2O2.C24H28F2O2/c2*1-3-5-15-6-8-16(9-7-15)21-13-12-19-18-11-10-17(27-4-2)14-20(18)22(25)23(26)24(19)28-21/h10-11,14-16,21H,3-9,12-13H2,1-2H3;10-16,21H,3-9H2,1-2H3. The molecule has 4 aromatic rings. The summed E-state index contributed by atoms with van der Waals surface area (Å²) < 4.78 is 82.4. The van der Waals surface area contributed by atoms with E-state index >= 15 is 0 Å². The van der Waals surface area contributed by atoms with Crippen molar-refractivity contribution in [1.82, 2.24) is 0 Å². The Morgan fingerprint density at radius 3 is 1.68 bits per heavy atom. The summed E-state index contributed by atoms with van der Waals surface area (Å²) in [7, 11) is 0. The minimum atomic E-state index is -0.898. The van der Waals surface area contributed by atoms with Crippen molar-refractivity contribution in [3.05, 3.63) is 76.9 Å². The zero-order valence-corrected chi connectivity index (χ0v) is 33.5. The van der Waals surface area contributed by atoms with E-state index < -0.39 is 23.3 Å². The highest BCUT2D eigenvalue weighted by molar-refractivity contribution is 5.95. The predicted molar refractivity (Wildman–Crippen MR) is 217 cm³/mol. The topological polar surface area (TPSA) is 36.9 Å². The van der Waals surface area contributed by atoms with Crippen molar-refractivity contribution in [2.24, 2.45) is 23.7 Å². The molecule has 0 amide bonds. The number of halogens is 4. The van der Waals surface area contributed by atoms with Gasteiger partial charge in [0.25, 0.3) is 0 Å². The molecule has 0 aromatic heterocycles. The molecule has 2 heterocycles. The quantitative estimate of drug-likeness (QED) is 0.150. The Labute approximate surface area is 329 Å². The van der Waals surface area contributed by atoms with Crippen molar-refractivity contribution in [3.63, 3.8) is 0 Å². The second-order valence-corrected chi connectivity index (χ2v) is 16.4. The highest BCUT2D eigenvalue weighted by Gasteiger charge is 2.35. The van der Waals surface area contributed by atoms with Crippen LogP contribution in [0.15, 0.2) is 42.5 Å². The lowest BCUT2D eigenvalue weighted by Crippen LogP contribution is -2.34. The van der Waals surface area contributed by atoms with E-state index in [1.165, 1.54) is 51.4 Å². The Morgan fingerprint density at radius 1 is 0.571 bits per heavy atom. The van der Waals surface area contributed by atoms with Gasteiger partial charge in [0.15, 0.2) is 23.1 Å². The average Bonchev–Trinajstić information content (AvgIpc) is 3.23. The third kappa shape index (κ3) is 8.36. The van der Waals surface area contributed by atoms with Crippen molar-refractivity contribution >= 4 is 27.6 Å². The molecular weight excluding hydrogens is 717 g/mol. The summed E-state index contributed by atoms with van der Waals surface area (Å²) >= 11 is 0. The fourth-order valence-corrected chi connectivity index (χ4v) is 9.92. The molecule has 0 spiro atoms. The Kier molecular flexibility index (Phi) is 13.0. The fourth-order valence-electron chi connectivity index (χ4n) is 9.92. The number of hydrogen-bond donors (Lipinski definition) is 0. The van der Waals surface area contributed by atoms with Crippen LogP contribution in [-0.4, -0.2) is 25.4 Å². The maximum atomic E-state index is 14.9. The fraction of sp³-hybridized carbons (Fsp3) is 0.542. The van der Waals surface area contributed by atoms with Gasteiger partial charge in [0, 0.05) is 21.9 Å². The molecule has 2 fully saturated rings. The van der Waals surface area contributed by atoms with Crippen molar-refractivity contribution in [1.29, 1.82) is 0 Å². The SMILES string of the molecule is CCCC1CCC(C2C=Cc3c(c(F)c(F)c4cc(OCC)ccc34)O2)CC1.CCCC1CCC(C2CCc3c(c(F)c(F)c4cc(OCC)ccc34)O2)CC1. The van der Waals surface area contributed by atoms with Crippen LogP contribution >= 0.6 is 0 Å². The maximum absolute atomic E-state index is 14.9. The van der Waals surface area contributed by atoms with Crippen molar-refractivity contribution in [2.75, 3.05) is 13.2 Å². The van der Waals surface area contributed by atoms with Crippen molar-refractivity contribution in [2.45, 2.75) is 130 Å². The van der Waals surface area contributed by atoms with Gasteiger partial charge >= 0.3 is 0 Å². The van der Waals surface area contributed by atoms with Gasteiger partial charge in [-0.2, -0.15) is 8.78 Å². The van der Waals surface area contributed by atoms with E-state index in [1.807, 2.05) is 38.1 Å². The Balaban J connectivity index is 0.000000172. The summed E-state index contributed by atoms with van der Waals surface area (Å²) in [5, 5.41) is 1.90. The van der Waals surface area contributed by atoms with Crippen LogP contribution in [0.4, 0.5) is 17.6 Å². The van der Waals surface area contributed by atoms with Crippen LogP contribution in [0.2, 0.25) is 0 Å². The number of benzene rings is 4. The second-order valence-electron chi connectivity index (χ2n) is 16.4. The van der Waals surface area contributed by atoms with Crippen molar-refractivity contribution in [3.8, 4) is 23.0 Å². The lowest BCUT2D eigenvalue weighted by molar-refractivity contribution is 0.0716. The van der Waals surface area contributed by atoms with Gasteiger partial charge in [-0.1, -0.05) is 77.4 Å². The molecule has 8 heteroatoms. The molecule has 2 aliphatic carbocycles. The van der Waals surface area contributed by atoms with Gasteiger partial charge in [0.1, 0.15) is 23.7 Å². The zero-order valence-electron chi connectivity index (χ0n) is 33.5. The summed E-state index contributed by atoms with van der Waals surface area (Å²) in [4.78, 5) is 0. The third-order valence-electron chi connectivity index (χ3n) is 12.8. The smallest absolute Gasteiger partial charge is 0.201 e. The molecule has 2 aliphatic heterocycles. The largest absolute Gasteiger partial charge is 0.494 e. The molecule has 0 radical (unpaired) electrons. The van der Waals surface area contributed by atoms with Gasteiger partial charge in [-0.3, -0.25) is 0 Å². The minimum absolute atomic E-state index is 0.00382.